The molecule has 0 unspecified atom stereocenters. The fourth-order valence-corrected chi connectivity index (χ4v) is 4.87. The SMILES string of the molecule is Cc1cc(F)cc(-c2cnc3ccc(-c4cc(F)cc(C#N)c4)nc3c2C(=O)N(C)C[C@@H]2CCCN2)c1. The second-order valence-electron chi connectivity index (χ2n) is 9.45. The number of aryl methyl sites for hydroxylation is 1. The Hall–Kier alpha value is -4.22. The topological polar surface area (TPSA) is 81.9 Å². The Bertz CT molecular complexity index is 1540. The van der Waals surface area contributed by atoms with Crippen molar-refractivity contribution in [2.45, 2.75) is 25.8 Å². The highest BCUT2D eigenvalue weighted by atomic mass is 19.1. The number of nitrogens with one attached hydrogen (secondary N) is 1. The van der Waals surface area contributed by atoms with Crippen molar-refractivity contribution >= 4 is 16.9 Å². The van der Waals surface area contributed by atoms with Crippen LogP contribution < -0.4 is 5.32 Å². The van der Waals surface area contributed by atoms with Crippen LogP contribution >= 0.6 is 0 Å². The van der Waals surface area contributed by atoms with Gasteiger partial charge >= 0.3 is 0 Å². The molecular formula is C29H25F2N5O. The average molecular weight is 498 g/mol. The number of nitrogens with zero attached hydrogens (tertiary/aromatic N) is 4. The Labute approximate surface area is 213 Å². The maximum atomic E-state index is 14.4. The normalized spacial score (nSPS) is 15.1. The number of fused-ring (bicyclic) bond motifs is 1. The van der Waals surface area contributed by atoms with E-state index in [1.54, 1.807) is 49.3 Å². The molecule has 0 spiro atoms. The Morgan fingerprint density at radius 3 is 2.65 bits per heavy atom. The molecule has 0 bridgehead atoms. The smallest absolute Gasteiger partial charge is 0.256 e. The first-order valence-corrected chi connectivity index (χ1v) is 12.1. The highest BCUT2D eigenvalue weighted by Gasteiger charge is 2.25. The van der Waals surface area contributed by atoms with Crippen LogP contribution in [0.3, 0.4) is 0 Å². The zero-order valence-corrected chi connectivity index (χ0v) is 20.6. The molecular weight excluding hydrogens is 472 g/mol. The first kappa shape index (κ1) is 24.5. The van der Waals surface area contributed by atoms with Crippen molar-refractivity contribution in [1.29, 1.82) is 5.26 Å². The number of amides is 1. The van der Waals surface area contributed by atoms with Gasteiger partial charge < -0.3 is 10.2 Å². The second kappa shape index (κ2) is 10.0. The summed E-state index contributed by atoms with van der Waals surface area (Å²) in [6, 6.07) is 14.1. The maximum Gasteiger partial charge on any atom is 0.256 e. The highest BCUT2D eigenvalue weighted by Crippen LogP contribution is 2.32. The van der Waals surface area contributed by atoms with Gasteiger partial charge in [0.05, 0.1) is 28.4 Å². The van der Waals surface area contributed by atoms with Crippen molar-refractivity contribution in [3.8, 4) is 28.5 Å². The van der Waals surface area contributed by atoms with Crippen molar-refractivity contribution in [2.24, 2.45) is 0 Å². The molecule has 1 N–H and O–H groups in total. The molecule has 1 amide bonds. The van der Waals surface area contributed by atoms with Gasteiger partial charge in [-0.25, -0.2) is 13.8 Å². The van der Waals surface area contributed by atoms with Crippen LogP contribution in [0, 0.1) is 29.9 Å². The number of carbonyl (C=O) groups is 1. The van der Waals surface area contributed by atoms with E-state index < -0.39 is 11.6 Å². The van der Waals surface area contributed by atoms with E-state index in [0.717, 1.165) is 25.5 Å². The van der Waals surface area contributed by atoms with E-state index in [4.69, 9.17) is 4.98 Å². The van der Waals surface area contributed by atoms with Gasteiger partial charge in [0.25, 0.3) is 5.91 Å². The molecule has 5 rings (SSSR count). The van der Waals surface area contributed by atoms with Crippen molar-refractivity contribution in [3.63, 3.8) is 0 Å². The van der Waals surface area contributed by atoms with E-state index in [9.17, 15) is 18.8 Å². The number of nitriles is 1. The minimum absolute atomic E-state index is 0.166. The van der Waals surface area contributed by atoms with Crippen LogP contribution in [-0.4, -0.2) is 47.0 Å². The zero-order chi connectivity index (χ0) is 26.1. The largest absolute Gasteiger partial charge is 0.340 e. The van der Waals surface area contributed by atoms with Crippen molar-refractivity contribution in [1.82, 2.24) is 20.2 Å². The standard InChI is InChI=1S/C29H25F2N5O/c1-17-8-19(12-21(30)9-17)24-15-34-26-6-5-25(20-10-18(14-32)11-22(31)13-20)35-28(26)27(24)29(37)36(2)16-23-4-3-7-33-23/h5-6,8-13,15,23,33H,3-4,7,16H2,1-2H3/t23-/m0/s1. The van der Waals surface area contributed by atoms with Crippen LogP contribution in [0.5, 0.6) is 0 Å². The third-order valence-corrected chi connectivity index (χ3v) is 6.61. The highest BCUT2D eigenvalue weighted by molar-refractivity contribution is 6.10. The number of rotatable bonds is 5. The summed E-state index contributed by atoms with van der Waals surface area (Å²) in [5.41, 5.74) is 3.78. The molecule has 0 radical (unpaired) electrons. The van der Waals surface area contributed by atoms with Crippen LogP contribution in [0.4, 0.5) is 8.78 Å². The summed E-state index contributed by atoms with van der Waals surface area (Å²) in [6.45, 7) is 3.22. The van der Waals surface area contributed by atoms with Gasteiger partial charge in [0.1, 0.15) is 17.2 Å². The fraction of sp³-hybridized carbons (Fsp3) is 0.241. The van der Waals surface area contributed by atoms with Gasteiger partial charge in [-0.15, -0.1) is 0 Å². The fourth-order valence-electron chi connectivity index (χ4n) is 4.87. The lowest BCUT2D eigenvalue weighted by Crippen LogP contribution is -2.39. The van der Waals surface area contributed by atoms with Crippen LogP contribution in [0.2, 0.25) is 0 Å². The third kappa shape index (κ3) is 5.04. The average Bonchev–Trinajstić information content (AvgIpc) is 3.39. The van der Waals surface area contributed by atoms with E-state index in [1.807, 2.05) is 6.07 Å². The van der Waals surface area contributed by atoms with Gasteiger partial charge in [-0.3, -0.25) is 9.78 Å². The number of aromatic nitrogens is 2. The maximum absolute atomic E-state index is 14.4. The van der Waals surface area contributed by atoms with E-state index in [-0.39, 0.29) is 17.5 Å². The minimum atomic E-state index is -0.557. The molecule has 0 aliphatic carbocycles. The molecule has 3 heterocycles. The summed E-state index contributed by atoms with van der Waals surface area (Å²) in [5.74, 6) is -1.24. The molecule has 4 aromatic rings. The van der Waals surface area contributed by atoms with Crippen LogP contribution in [0.25, 0.3) is 33.4 Å². The Balaban J connectivity index is 1.71. The Morgan fingerprint density at radius 1 is 1.14 bits per heavy atom. The number of likely N-dealkylation sites (N-methyl/N-ethyl adjacent to an activating group) is 1. The van der Waals surface area contributed by atoms with Crippen LogP contribution in [0.15, 0.2) is 54.7 Å². The van der Waals surface area contributed by atoms with Crippen molar-refractivity contribution in [2.75, 3.05) is 20.1 Å². The molecule has 6 nitrogen and oxygen atoms in total. The van der Waals surface area contributed by atoms with Gasteiger partial charge in [0, 0.05) is 37.0 Å². The van der Waals surface area contributed by atoms with Gasteiger partial charge in [-0.2, -0.15) is 5.26 Å². The summed E-state index contributed by atoms with van der Waals surface area (Å²) in [7, 11) is 1.74. The molecule has 2 aromatic carbocycles. The van der Waals surface area contributed by atoms with Crippen molar-refractivity contribution < 1.29 is 13.6 Å². The summed E-state index contributed by atoms with van der Waals surface area (Å²) >= 11 is 0. The Morgan fingerprint density at radius 2 is 1.92 bits per heavy atom. The summed E-state index contributed by atoms with van der Waals surface area (Å²) in [5, 5.41) is 12.7. The number of hydrogen-bond donors (Lipinski definition) is 1. The van der Waals surface area contributed by atoms with Crippen LogP contribution in [-0.2, 0) is 0 Å². The van der Waals surface area contributed by atoms with Gasteiger partial charge in [0.2, 0.25) is 0 Å². The zero-order valence-electron chi connectivity index (χ0n) is 20.6. The lowest BCUT2D eigenvalue weighted by atomic mass is 9.97. The molecule has 1 aliphatic heterocycles. The monoisotopic (exact) mass is 497 g/mol. The molecule has 186 valence electrons. The second-order valence-corrected chi connectivity index (χ2v) is 9.45. The number of halogens is 2. The molecule has 0 saturated carbocycles. The lowest BCUT2D eigenvalue weighted by molar-refractivity contribution is 0.0786. The third-order valence-electron chi connectivity index (χ3n) is 6.61. The van der Waals surface area contributed by atoms with Crippen molar-refractivity contribution in [3.05, 3.63) is 83.1 Å². The summed E-state index contributed by atoms with van der Waals surface area (Å²) < 4.78 is 28.6. The number of pyridine rings is 2. The van der Waals surface area contributed by atoms with Gasteiger partial charge in [-0.05, 0) is 79.9 Å². The first-order valence-electron chi connectivity index (χ1n) is 12.1. The molecule has 8 heteroatoms. The molecule has 2 aromatic heterocycles. The molecule has 1 saturated heterocycles. The van der Waals surface area contributed by atoms with E-state index in [2.05, 4.69) is 10.3 Å². The Kier molecular flexibility index (Phi) is 6.64. The van der Waals surface area contributed by atoms with E-state index in [0.29, 0.717) is 51.1 Å². The predicted molar refractivity (Wildman–Crippen MR) is 138 cm³/mol. The quantitative estimate of drug-likeness (QED) is 0.408. The molecule has 37 heavy (non-hydrogen) atoms. The first-order chi connectivity index (χ1) is 17.8. The van der Waals surface area contributed by atoms with E-state index in [1.165, 1.54) is 18.2 Å². The predicted octanol–water partition coefficient (Wildman–Crippen LogP) is 5.25. The summed E-state index contributed by atoms with van der Waals surface area (Å²) in [4.78, 5) is 24.8. The summed E-state index contributed by atoms with van der Waals surface area (Å²) in [6.07, 6.45) is 3.61. The minimum Gasteiger partial charge on any atom is -0.340 e. The number of carbonyl (C=O) groups excluding carboxylic acids is 1. The molecule has 1 aliphatic rings. The van der Waals surface area contributed by atoms with E-state index >= 15 is 0 Å². The lowest BCUT2D eigenvalue weighted by Gasteiger charge is -2.23. The molecule has 1 atom stereocenters. The van der Waals surface area contributed by atoms with Gasteiger partial charge in [-0.1, -0.05) is 6.07 Å². The van der Waals surface area contributed by atoms with Gasteiger partial charge in [0.15, 0.2) is 0 Å². The molecule has 1 fully saturated rings. The number of benzene rings is 2. The van der Waals surface area contributed by atoms with Crippen LogP contribution in [0.1, 0.15) is 34.3 Å². The number of hydrogen-bond acceptors (Lipinski definition) is 5.